The Balaban J connectivity index is 2.64. The van der Waals surface area contributed by atoms with Crippen molar-refractivity contribution in [2.75, 3.05) is 54.4 Å². The zero-order valence-corrected chi connectivity index (χ0v) is 16.9. The normalized spacial score (nSPS) is 12.0. The van der Waals surface area contributed by atoms with Crippen LogP contribution in [0.1, 0.15) is 5.56 Å². The van der Waals surface area contributed by atoms with Gasteiger partial charge in [0.25, 0.3) is 0 Å². The van der Waals surface area contributed by atoms with Crippen molar-refractivity contribution >= 4 is 35.2 Å². The molecule has 0 unspecified atom stereocenters. The average Bonchev–Trinajstić information content (AvgIpc) is 2.54. The maximum absolute atomic E-state index is 12.4. The first-order valence-electron chi connectivity index (χ1n) is 8.17. The van der Waals surface area contributed by atoms with Gasteiger partial charge in [0, 0.05) is 32.3 Å². The minimum Gasteiger partial charge on any atom is -0.337 e. The largest absolute Gasteiger partial charge is 0.337 e. The van der Waals surface area contributed by atoms with Crippen LogP contribution in [0.4, 0.5) is 0 Å². The minimum absolute atomic E-state index is 0.0162. The van der Waals surface area contributed by atoms with Gasteiger partial charge in [0.2, 0.25) is 5.91 Å². The van der Waals surface area contributed by atoms with Crippen molar-refractivity contribution < 1.29 is 4.79 Å². The van der Waals surface area contributed by atoms with Gasteiger partial charge in [-0.25, -0.2) is 0 Å². The molecular weight excluding hydrogens is 357 g/mol. The monoisotopic (exact) mass is 383 g/mol. The van der Waals surface area contributed by atoms with Crippen LogP contribution in [0.25, 0.3) is 6.08 Å². The molecule has 0 aromatic heterocycles. The molecule has 0 saturated heterocycles. The van der Waals surface area contributed by atoms with Gasteiger partial charge in [-0.2, -0.15) is 0 Å². The summed E-state index contributed by atoms with van der Waals surface area (Å²) in [5, 5.41) is 1.05. The van der Waals surface area contributed by atoms with Gasteiger partial charge in [0.05, 0.1) is 10.0 Å². The maximum Gasteiger partial charge on any atom is 0.246 e. The molecule has 1 rings (SSSR count). The fourth-order valence-electron chi connectivity index (χ4n) is 2.00. The third-order valence-electron chi connectivity index (χ3n) is 3.53. The van der Waals surface area contributed by atoms with Crippen molar-refractivity contribution in [3.63, 3.8) is 0 Å². The van der Waals surface area contributed by atoms with E-state index >= 15 is 0 Å². The van der Waals surface area contributed by atoms with Gasteiger partial charge in [-0.1, -0.05) is 47.5 Å². The smallest absolute Gasteiger partial charge is 0.246 e. The number of carbonyl (C=O) groups is 1. The molecule has 138 valence electrons. The van der Waals surface area contributed by atoms with Gasteiger partial charge in [0.1, 0.15) is 0 Å². The second kappa shape index (κ2) is 11.3. The summed E-state index contributed by atoms with van der Waals surface area (Å²) in [7, 11) is 8.02. The van der Waals surface area contributed by atoms with E-state index in [9.17, 15) is 4.79 Å². The molecule has 25 heavy (non-hydrogen) atoms. The number of carbonyl (C=O) groups excluding carboxylic acids is 1. The van der Waals surface area contributed by atoms with Gasteiger partial charge in [-0.05, 0) is 45.9 Å². The number of halogens is 2. The van der Waals surface area contributed by atoms with E-state index in [1.807, 2.05) is 51.3 Å². The predicted octanol–water partition coefficient (Wildman–Crippen LogP) is 3.51. The Morgan fingerprint density at radius 2 is 1.52 bits per heavy atom. The molecule has 1 aromatic rings. The van der Waals surface area contributed by atoms with Crippen LogP contribution in [-0.2, 0) is 4.79 Å². The van der Waals surface area contributed by atoms with Crippen LogP contribution in [0, 0.1) is 0 Å². The van der Waals surface area contributed by atoms with Crippen LogP contribution >= 0.6 is 23.2 Å². The van der Waals surface area contributed by atoms with E-state index in [4.69, 9.17) is 23.2 Å². The van der Waals surface area contributed by atoms with Gasteiger partial charge in [-0.15, -0.1) is 0 Å². The number of allylic oxidation sites excluding steroid dienone is 2. The molecule has 0 aliphatic carbocycles. The van der Waals surface area contributed by atoms with Gasteiger partial charge in [0.15, 0.2) is 0 Å². The van der Waals surface area contributed by atoms with Crippen LogP contribution in [0.2, 0.25) is 10.0 Å². The second-order valence-corrected chi connectivity index (χ2v) is 7.14. The molecule has 0 atom stereocenters. The van der Waals surface area contributed by atoms with Gasteiger partial charge >= 0.3 is 0 Å². The molecule has 0 fully saturated rings. The SMILES string of the molecule is CN(C)CCN(CCN(C)C)C(=O)/C=C/C=C/c1ccc(Cl)c(Cl)c1. The van der Waals surface area contributed by atoms with Crippen LogP contribution in [0.3, 0.4) is 0 Å². The summed E-state index contributed by atoms with van der Waals surface area (Å²) in [6.45, 7) is 3.10. The minimum atomic E-state index is 0.0162. The first-order valence-corrected chi connectivity index (χ1v) is 8.93. The van der Waals surface area contributed by atoms with Crippen LogP contribution in [0.5, 0.6) is 0 Å². The highest BCUT2D eigenvalue weighted by atomic mass is 35.5. The molecule has 0 saturated carbocycles. The highest BCUT2D eigenvalue weighted by molar-refractivity contribution is 6.42. The molecule has 4 nitrogen and oxygen atoms in total. The molecule has 0 radical (unpaired) electrons. The molecule has 0 aliphatic rings. The lowest BCUT2D eigenvalue weighted by Gasteiger charge is -2.24. The maximum atomic E-state index is 12.4. The van der Waals surface area contributed by atoms with E-state index < -0.39 is 0 Å². The third-order valence-corrected chi connectivity index (χ3v) is 4.27. The number of rotatable bonds is 9. The lowest BCUT2D eigenvalue weighted by Crippen LogP contribution is -2.39. The molecular formula is C19H27Cl2N3O. The van der Waals surface area contributed by atoms with E-state index in [0.717, 1.165) is 18.7 Å². The summed E-state index contributed by atoms with van der Waals surface area (Å²) in [6.07, 6.45) is 7.06. The van der Waals surface area contributed by atoms with E-state index in [1.54, 1.807) is 24.3 Å². The zero-order valence-electron chi connectivity index (χ0n) is 15.4. The molecule has 0 heterocycles. The molecule has 0 aliphatic heterocycles. The summed E-state index contributed by atoms with van der Waals surface area (Å²) < 4.78 is 0. The highest BCUT2D eigenvalue weighted by Gasteiger charge is 2.10. The van der Waals surface area contributed by atoms with Crippen LogP contribution in [-0.4, -0.2) is 75.0 Å². The Hall–Kier alpha value is -1.33. The van der Waals surface area contributed by atoms with Crippen molar-refractivity contribution in [1.29, 1.82) is 0 Å². The molecule has 1 amide bonds. The Morgan fingerprint density at radius 3 is 2.04 bits per heavy atom. The number of amides is 1. The number of likely N-dealkylation sites (N-methyl/N-ethyl adjacent to an activating group) is 2. The Morgan fingerprint density at radius 1 is 0.920 bits per heavy atom. The average molecular weight is 384 g/mol. The van der Waals surface area contributed by atoms with Gasteiger partial charge < -0.3 is 14.7 Å². The van der Waals surface area contributed by atoms with Crippen LogP contribution in [0.15, 0.2) is 36.4 Å². The highest BCUT2D eigenvalue weighted by Crippen LogP contribution is 2.23. The summed E-state index contributed by atoms with van der Waals surface area (Å²) in [5.74, 6) is 0.0162. The number of hydrogen-bond donors (Lipinski definition) is 0. The molecule has 0 N–H and O–H groups in total. The third kappa shape index (κ3) is 9.07. The summed E-state index contributed by atoms with van der Waals surface area (Å²) in [4.78, 5) is 18.4. The van der Waals surface area contributed by atoms with Crippen molar-refractivity contribution in [3.05, 3.63) is 52.0 Å². The Kier molecular flexibility index (Phi) is 9.83. The molecule has 0 bridgehead atoms. The number of nitrogens with zero attached hydrogens (tertiary/aromatic N) is 3. The first-order chi connectivity index (χ1) is 11.8. The van der Waals surface area contributed by atoms with E-state index in [-0.39, 0.29) is 5.91 Å². The van der Waals surface area contributed by atoms with Crippen molar-refractivity contribution in [3.8, 4) is 0 Å². The molecule has 1 aromatic carbocycles. The summed E-state index contributed by atoms with van der Waals surface area (Å²) >= 11 is 11.9. The molecule has 6 heteroatoms. The Labute approximate surface area is 161 Å². The number of hydrogen-bond acceptors (Lipinski definition) is 3. The summed E-state index contributed by atoms with van der Waals surface area (Å²) in [6, 6.07) is 5.42. The van der Waals surface area contributed by atoms with Gasteiger partial charge in [-0.3, -0.25) is 4.79 Å². The zero-order chi connectivity index (χ0) is 18.8. The Bertz CT molecular complexity index is 601. The fraction of sp³-hybridized carbons (Fsp3) is 0.421. The number of benzene rings is 1. The standard InChI is InChI=1S/C19H27Cl2N3O/c1-22(2)11-13-24(14-12-23(3)4)19(25)8-6-5-7-16-9-10-17(20)18(21)15-16/h5-10,15H,11-14H2,1-4H3/b7-5+,8-6+. The summed E-state index contributed by atoms with van der Waals surface area (Å²) in [5.41, 5.74) is 0.934. The first kappa shape index (κ1) is 21.7. The van der Waals surface area contributed by atoms with E-state index in [0.29, 0.717) is 23.1 Å². The van der Waals surface area contributed by atoms with E-state index in [1.165, 1.54) is 0 Å². The fourth-order valence-corrected chi connectivity index (χ4v) is 2.31. The van der Waals surface area contributed by atoms with Crippen molar-refractivity contribution in [1.82, 2.24) is 14.7 Å². The van der Waals surface area contributed by atoms with Crippen LogP contribution < -0.4 is 0 Å². The predicted molar refractivity (Wildman–Crippen MR) is 108 cm³/mol. The van der Waals surface area contributed by atoms with Crippen molar-refractivity contribution in [2.24, 2.45) is 0 Å². The quantitative estimate of drug-likeness (QED) is 0.482. The molecule has 0 spiro atoms. The lowest BCUT2D eigenvalue weighted by molar-refractivity contribution is -0.126. The second-order valence-electron chi connectivity index (χ2n) is 6.32. The van der Waals surface area contributed by atoms with Crippen molar-refractivity contribution in [2.45, 2.75) is 0 Å². The van der Waals surface area contributed by atoms with E-state index in [2.05, 4.69) is 9.80 Å². The lowest BCUT2D eigenvalue weighted by atomic mass is 10.2. The topological polar surface area (TPSA) is 26.8 Å².